The minimum absolute atomic E-state index is 0.279. The normalized spacial score (nSPS) is 16.2. The summed E-state index contributed by atoms with van der Waals surface area (Å²) in [5.74, 6) is 0. The van der Waals surface area contributed by atoms with Crippen LogP contribution in [0, 0.1) is 0 Å². The third-order valence-electron chi connectivity index (χ3n) is 3.15. The van der Waals surface area contributed by atoms with Gasteiger partial charge in [0.1, 0.15) is 16.5 Å². The molecule has 0 N–H and O–H groups in total. The molecule has 0 spiro atoms. The summed E-state index contributed by atoms with van der Waals surface area (Å²) < 4.78 is 132. The zero-order valence-corrected chi connectivity index (χ0v) is 17.0. The van der Waals surface area contributed by atoms with Crippen LogP contribution in [0.25, 0.3) is 0 Å². The van der Waals surface area contributed by atoms with Crippen molar-refractivity contribution in [3.8, 4) is 0 Å². The van der Waals surface area contributed by atoms with E-state index in [1.54, 1.807) is 0 Å². The van der Waals surface area contributed by atoms with Crippen LogP contribution >= 0.6 is 0 Å². The van der Waals surface area contributed by atoms with Crippen LogP contribution in [-0.2, 0) is 0 Å². The molecule has 0 aliphatic heterocycles. The van der Waals surface area contributed by atoms with Gasteiger partial charge < -0.3 is 3.90 Å². The van der Waals surface area contributed by atoms with Gasteiger partial charge in [0.05, 0.1) is 0 Å². The molecule has 146 valence electrons. The van der Waals surface area contributed by atoms with E-state index in [1.807, 2.05) is 0 Å². The summed E-state index contributed by atoms with van der Waals surface area (Å²) in [4.78, 5) is 0. The number of nitrogens with zero attached hydrogens (tertiary/aromatic N) is 1. The van der Waals surface area contributed by atoms with Crippen molar-refractivity contribution < 1.29 is 43.9 Å². The predicted molar refractivity (Wildman–Crippen MR) is 77.7 cm³/mol. The highest BCUT2D eigenvalue weighted by Crippen LogP contribution is 2.50. The zero-order valence-electron chi connectivity index (χ0n) is 13.8. The summed E-state index contributed by atoms with van der Waals surface area (Å²) >= 11 is 0. The third-order valence-corrected chi connectivity index (χ3v) is 18.8. The summed E-state index contributed by atoms with van der Waals surface area (Å²) in [5, 5.41) is 0. The lowest BCUT2D eigenvalue weighted by Crippen LogP contribution is -2.79. The van der Waals surface area contributed by atoms with Crippen molar-refractivity contribution in [2.45, 2.75) is 62.7 Å². The average molecular weight is 428 g/mol. The molecule has 0 aliphatic rings. The number of hydrogen-bond donors (Lipinski definition) is 0. The van der Waals surface area contributed by atoms with Crippen molar-refractivity contribution >= 4 is 25.4 Å². The van der Waals surface area contributed by atoms with Crippen LogP contribution in [0.4, 0.5) is 43.9 Å². The standard InChI is InChI=1S/C10H19F10NSi3/c1-23(2,3)21(24(4,5)6)22(9(17,18)7(11,12)13)10(19,20)8(14,15)16/h22H,1-6H3. The highest BCUT2D eigenvalue weighted by atomic mass is 28.5. The van der Waals surface area contributed by atoms with Gasteiger partial charge in [-0.1, -0.05) is 39.3 Å². The van der Waals surface area contributed by atoms with Gasteiger partial charge in [-0.05, 0) is 0 Å². The molecule has 0 amide bonds. The van der Waals surface area contributed by atoms with E-state index in [4.69, 9.17) is 0 Å². The van der Waals surface area contributed by atoms with Gasteiger partial charge in [0.15, 0.2) is 0 Å². The van der Waals surface area contributed by atoms with Gasteiger partial charge in [0.25, 0.3) is 8.96 Å². The van der Waals surface area contributed by atoms with Gasteiger partial charge in [0, 0.05) is 0 Å². The maximum absolute atomic E-state index is 13.9. The Bertz CT molecular complexity index is 406. The first-order valence-corrected chi connectivity index (χ1v) is 15.2. The van der Waals surface area contributed by atoms with Gasteiger partial charge in [-0.25, -0.2) is 0 Å². The highest BCUT2D eigenvalue weighted by Gasteiger charge is 2.80. The Labute approximate surface area is 136 Å². The molecule has 0 bridgehead atoms. The Morgan fingerprint density at radius 1 is 0.542 bits per heavy atom. The molecule has 0 fully saturated rings. The fourth-order valence-electron chi connectivity index (χ4n) is 2.64. The molecule has 0 aliphatic carbocycles. The Balaban J connectivity index is 6.79. The van der Waals surface area contributed by atoms with Gasteiger partial charge in [-0.15, -0.1) is 0 Å². The third kappa shape index (κ3) is 4.55. The first-order chi connectivity index (χ1) is 9.99. The molecule has 14 heteroatoms. The minimum Gasteiger partial charge on any atom is -0.361 e. The van der Waals surface area contributed by atoms with Crippen LogP contribution in [0.3, 0.4) is 0 Å². The Hall–Kier alpha value is -0.0894. The lowest BCUT2D eigenvalue weighted by molar-refractivity contribution is -0.274. The summed E-state index contributed by atoms with van der Waals surface area (Å²) in [6.07, 6.45) is -13.0. The number of halogens is 10. The summed E-state index contributed by atoms with van der Waals surface area (Å²) in [5.41, 5.74) is -12.2. The Morgan fingerprint density at radius 2 is 0.750 bits per heavy atom. The molecular formula is C10H19F10NSi3. The van der Waals surface area contributed by atoms with E-state index in [1.165, 1.54) is 39.3 Å². The van der Waals surface area contributed by atoms with Crippen molar-refractivity contribution in [3.63, 3.8) is 0 Å². The molecule has 0 heterocycles. The van der Waals surface area contributed by atoms with Crippen LogP contribution in [0.15, 0.2) is 0 Å². The van der Waals surface area contributed by atoms with Crippen LogP contribution in [-0.4, -0.2) is 52.8 Å². The molecule has 0 atom stereocenters. The lowest BCUT2D eigenvalue weighted by Gasteiger charge is -2.51. The monoisotopic (exact) mass is 427 g/mol. The van der Waals surface area contributed by atoms with Crippen molar-refractivity contribution in [2.24, 2.45) is 0 Å². The SMILES string of the molecule is C[Si](C)(C)N([SiH](C(F)(F)C(F)(F)F)C(F)(F)C(F)(F)F)[Si](C)(C)C. The van der Waals surface area contributed by atoms with Crippen LogP contribution in [0.1, 0.15) is 0 Å². The summed E-state index contributed by atoms with van der Waals surface area (Å²) in [6.45, 7) is 7.11. The van der Waals surface area contributed by atoms with E-state index >= 15 is 0 Å². The second kappa shape index (κ2) is 6.26. The molecule has 0 aromatic heterocycles. The van der Waals surface area contributed by atoms with Gasteiger partial charge >= 0.3 is 23.4 Å². The lowest BCUT2D eigenvalue weighted by atomic mass is 10.7. The molecule has 0 radical (unpaired) electrons. The molecule has 24 heavy (non-hydrogen) atoms. The summed E-state index contributed by atoms with van der Waals surface area (Å²) in [7, 11) is -13.0. The van der Waals surface area contributed by atoms with Crippen molar-refractivity contribution in [2.75, 3.05) is 0 Å². The molecule has 0 rings (SSSR count). The first kappa shape index (κ1) is 23.9. The largest absolute Gasteiger partial charge is 0.450 e. The fourth-order valence-corrected chi connectivity index (χ4v) is 20.6. The Morgan fingerprint density at radius 3 is 0.875 bits per heavy atom. The minimum atomic E-state index is -6.49. The molecule has 0 aromatic carbocycles. The molecule has 0 unspecified atom stereocenters. The van der Waals surface area contributed by atoms with Gasteiger partial charge in [0.2, 0.25) is 0 Å². The number of hydrogen-bond acceptors (Lipinski definition) is 1. The molecule has 0 saturated carbocycles. The van der Waals surface area contributed by atoms with E-state index in [0.29, 0.717) is 0 Å². The second-order valence-corrected chi connectivity index (χ2v) is 21.3. The Kier molecular flexibility index (Phi) is 6.24. The average Bonchev–Trinajstić information content (AvgIpc) is 2.17. The van der Waals surface area contributed by atoms with E-state index in [2.05, 4.69) is 0 Å². The molecule has 0 aromatic rings. The van der Waals surface area contributed by atoms with E-state index in [9.17, 15) is 43.9 Å². The summed E-state index contributed by atoms with van der Waals surface area (Å²) in [6, 6.07) is 0. The molecule has 1 nitrogen and oxygen atoms in total. The van der Waals surface area contributed by atoms with E-state index in [-0.39, 0.29) is 3.90 Å². The van der Waals surface area contributed by atoms with Crippen LogP contribution in [0.2, 0.25) is 39.3 Å². The van der Waals surface area contributed by atoms with Crippen molar-refractivity contribution in [3.05, 3.63) is 0 Å². The van der Waals surface area contributed by atoms with Crippen LogP contribution < -0.4 is 0 Å². The van der Waals surface area contributed by atoms with Crippen LogP contribution in [0.5, 0.6) is 0 Å². The number of alkyl halides is 10. The fraction of sp³-hybridized carbons (Fsp3) is 1.00. The van der Waals surface area contributed by atoms with E-state index < -0.39 is 48.9 Å². The zero-order chi connectivity index (χ0) is 20.2. The maximum Gasteiger partial charge on any atom is 0.450 e. The van der Waals surface area contributed by atoms with Gasteiger partial charge in [-0.2, -0.15) is 43.9 Å². The van der Waals surface area contributed by atoms with Crippen molar-refractivity contribution in [1.29, 1.82) is 0 Å². The second-order valence-electron chi connectivity index (χ2n) is 7.36. The van der Waals surface area contributed by atoms with Crippen molar-refractivity contribution in [1.82, 2.24) is 3.90 Å². The molecule has 0 saturated heterocycles. The van der Waals surface area contributed by atoms with Gasteiger partial charge in [-0.3, -0.25) is 0 Å². The predicted octanol–water partition coefficient (Wildman–Crippen LogP) is 5.16. The van der Waals surface area contributed by atoms with E-state index in [0.717, 1.165) is 0 Å². The quantitative estimate of drug-likeness (QED) is 0.433. The maximum atomic E-state index is 13.9. The smallest absolute Gasteiger partial charge is 0.361 e. The topological polar surface area (TPSA) is 3.24 Å². The number of rotatable bonds is 5. The molecular weight excluding hydrogens is 408 g/mol. The first-order valence-electron chi connectivity index (χ1n) is 6.67. The highest BCUT2D eigenvalue weighted by molar-refractivity contribution is 7.00.